The average molecular weight is 288 g/mol. The maximum Gasteiger partial charge on any atom is 0.221 e. The lowest BCUT2D eigenvalue weighted by molar-refractivity contribution is -0.114. The summed E-state index contributed by atoms with van der Waals surface area (Å²) in [6.07, 6.45) is 1.86. The van der Waals surface area contributed by atoms with Gasteiger partial charge in [-0.1, -0.05) is 0 Å². The van der Waals surface area contributed by atoms with E-state index in [1.54, 1.807) is 0 Å². The first kappa shape index (κ1) is 14.4. The first-order chi connectivity index (χ1) is 9.56. The normalized spacial score (nSPS) is 10.3. The lowest BCUT2D eigenvalue weighted by Crippen LogP contribution is -2.07. The topological polar surface area (TPSA) is 51.1 Å². The molecule has 0 atom stereocenters. The summed E-state index contributed by atoms with van der Waals surface area (Å²) in [6, 6.07) is 11.1. The number of benzene rings is 1. The zero-order valence-corrected chi connectivity index (χ0v) is 12.2. The third-order valence-corrected chi connectivity index (χ3v) is 3.79. The number of nitrogens with zero attached hydrogens (tertiary/aromatic N) is 1. The number of nitrogens with one attached hydrogen (secondary N) is 1. The lowest BCUT2D eigenvalue weighted by atomic mass is 10.3. The van der Waals surface area contributed by atoms with E-state index >= 15 is 0 Å². The molecule has 1 heterocycles. The van der Waals surface area contributed by atoms with Gasteiger partial charge < -0.3 is 9.88 Å². The van der Waals surface area contributed by atoms with Gasteiger partial charge >= 0.3 is 0 Å². The molecule has 0 unspecified atom stereocenters. The second-order valence-electron chi connectivity index (χ2n) is 4.42. The van der Waals surface area contributed by atoms with Crippen LogP contribution in [-0.4, -0.2) is 22.0 Å². The molecule has 1 amide bonds. The van der Waals surface area contributed by atoms with E-state index in [0.29, 0.717) is 11.4 Å². The maximum atomic E-state index is 12.0. The molecule has 0 aliphatic rings. The van der Waals surface area contributed by atoms with Crippen molar-refractivity contribution in [2.24, 2.45) is 7.05 Å². The average Bonchev–Trinajstić information content (AvgIpc) is 2.83. The van der Waals surface area contributed by atoms with Crippen molar-refractivity contribution >= 4 is 29.1 Å². The van der Waals surface area contributed by atoms with Crippen molar-refractivity contribution in [3.8, 4) is 0 Å². The predicted molar refractivity (Wildman–Crippen MR) is 81.2 cm³/mol. The molecule has 0 saturated carbocycles. The largest absolute Gasteiger partial charge is 0.348 e. The Hall–Kier alpha value is -2.01. The number of ketones is 1. The van der Waals surface area contributed by atoms with Crippen LogP contribution in [0, 0.1) is 0 Å². The first-order valence-electron chi connectivity index (χ1n) is 6.21. The molecule has 2 rings (SSSR count). The van der Waals surface area contributed by atoms with Crippen molar-refractivity contribution in [2.45, 2.75) is 11.8 Å². The van der Waals surface area contributed by atoms with Crippen LogP contribution in [0.2, 0.25) is 0 Å². The first-order valence-corrected chi connectivity index (χ1v) is 7.20. The van der Waals surface area contributed by atoms with Crippen LogP contribution in [0.5, 0.6) is 0 Å². The van der Waals surface area contributed by atoms with E-state index in [9.17, 15) is 9.59 Å². The molecule has 104 valence electrons. The molecule has 0 radical (unpaired) electrons. The molecule has 1 aromatic heterocycles. The van der Waals surface area contributed by atoms with Crippen molar-refractivity contribution in [2.75, 3.05) is 11.1 Å². The molecule has 20 heavy (non-hydrogen) atoms. The molecular weight excluding hydrogens is 272 g/mol. The molecule has 0 spiro atoms. The molecule has 1 N–H and O–H groups in total. The summed E-state index contributed by atoms with van der Waals surface area (Å²) in [6.45, 7) is 1.47. The summed E-state index contributed by atoms with van der Waals surface area (Å²) in [5.41, 5.74) is 1.47. The van der Waals surface area contributed by atoms with E-state index in [1.807, 2.05) is 54.2 Å². The van der Waals surface area contributed by atoms with Crippen LogP contribution >= 0.6 is 11.8 Å². The lowest BCUT2D eigenvalue weighted by Gasteiger charge is -2.05. The third-order valence-electron chi connectivity index (χ3n) is 2.77. The van der Waals surface area contributed by atoms with Crippen molar-refractivity contribution in [1.82, 2.24) is 4.57 Å². The van der Waals surface area contributed by atoms with Crippen molar-refractivity contribution in [1.29, 1.82) is 0 Å². The number of thioether (sulfide) groups is 1. The Kier molecular flexibility index (Phi) is 4.63. The minimum atomic E-state index is -0.0933. The molecule has 4 nitrogen and oxygen atoms in total. The van der Waals surface area contributed by atoms with E-state index in [0.717, 1.165) is 10.6 Å². The number of aromatic nitrogens is 1. The Balaban J connectivity index is 1.93. The van der Waals surface area contributed by atoms with Gasteiger partial charge in [0.2, 0.25) is 5.91 Å². The van der Waals surface area contributed by atoms with Crippen LogP contribution in [0.1, 0.15) is 17.4 Å². The summed E-state index contributed by atoms with van der Waals surface area (Å²) >= 11 is 1.49. The number of aryl methyl sites for hydroxylation is 1. The second kappa shape index (κ2) is 6.43. The maximum absolute atomic E-state index is 12.0. The summed E-state index contributed by atoms with van der Waals surface area (Å²) in [5, 5.41) is 2.71. The SMILES string of the molecule is CC(=O)Nc1ccc(SCC(=O)c2cccn2C)cc1. The fraction of sp³-hybridized carbons (Fsp3) is 0.200. The minimum absolute atomic E-state index is 0.0933. The van der Waals surface area contributed by atoms with Crippen LogP contribution in [-0.2, 0) is 11.8 Å². The smallest absolute Gasteiger partial charge is 0.221 e. The molecule has 0 aliphatic heterocycles. The van der Waals surface area contributed by atoms with Crippen molar-refractivity contribution in [3.05, 3.63) is 48.3 Å². The Morgan fingerprint density at radius 3 is 2.45 bits per heavy atom. The van der Waals surface area contributed by atoms with Crippen LogP contribution in [0.25, 0.3) is 0 Å². The number of hydrogen-bond donors (Lipinski definition) is 1. The summed E-state index contributed by atoms with van der Waals surface area (Å²) in [4.78, 5) is 23.9. The number of carbonyl (C=O) groups excluding carboxylic acids is 2. The van der Waals surface area contributed by atoms with E-state index in [2.05, 4.69) is 5.32 Å². The fourth-order valence-corrected chi connectivity index (χ4v) is 2.59. The molecule has 0 aliphatic carbocycles. The van der Waals surface area contributed by atoms with Gasteiger partial charge in [-0.25, -0.2) is 0 Å². The molecule has 0 bridgehead atoms. The second-order valence-corrected chi connectivity index (χ2v) is 5.47. The molecular formula is C15H16N2O2S. The highest BCUT2D eigenvalue weighted by Gasteiger charge is 2.09. The third kappa shape index (κ3) is 3.74. The van der Waals surface area contributed by atoms with Gasteiger partial charge in [0.05, 0.1) is 11.4 Å². The molecule has 1 aromatic carbocycles. The van der Waals surface area contributed by atoms with Crippen LogP contribution in [0.4, 0.5) is 5.69 Å². The summed E-state index contributed by atoms with van der Waals surface area (Å²) < 4.78 is 1.82. The van der Waals surface area contributed by atoms with Crippen molar-refractivity contribution < 1.29 is 9.59 Å². The van der Waals surface area contributed by atoms with Gasteiger partial charge in [0.25, 0.3) is 0 Å². The number of amides is 1. The van der Waals surface area contributed by atoms with Gasteiger partial charge in [0.1, 0.15) is 0 Å². The van der Waals surface area contributed by atoms with E-state index < -0.39 is 0 Å². The van der Waals surface area contributed by atoms with E-state index in [4.69, 9.17) is 0 Å². The number of Topliss-reactive ketones (excluding diaryl/α,β-unsaturated/α-hetero) is 1. The monoisotopic (exact) mass is 288 g/mol. The molecule has 5 heteroatoms. The Morgan fingerprint density at radius 1 is 1.20 bits per heavy atom. The van der Waals surface area contributed by atoms with E-state index in [-0.39, 0.29) is 11.7 Å². The van der Waals surface area contributed by atoms with Crippen LogP contribution in [0.15, 0.2) is 47.5 Å². The molecule has 2 aromatic rings. The van der Waals surface area contributed by atoms with Gasteiger partial charge in [-0.05, 0) is 36.4 Å². The van der Waals surface area contributed by atoms with E-state index in [1.165, 1.54) is 18.7 Å². The Labute approximate surface area is 122 Å². The highest BCUT2D eigenvalue weighted by molar-refractivity contribution is 8.00. The van der Waals surface area contributed by atoms with Crippen molar-refractivity contribution in [3.63, 3.8) is 0 Å². The Bertz CT molecular complexity index is 617. The zero-order valence-electron chi connectivity index (χ0n) is 11.4. The fourth-order valence-electron chi connectivity index (χ4n) is 1.81. The van der Waals surface area contributed by atoms with Crippen LogP contribution in [0.3, 0.4) is 0 Å². The summed E-state index contributed by atoms with van der Waals surface area (Å²) in [7, 11) is 1.86. The standard InChI is InChI=1S/C15H16N2O2S/c1-11(18)16-12-5-7-13(8-6-12)20-10-15(19)14-4-3-9-17(14)2/h3-9H,10H2,1-2H3,(H,16,18). The van der Waals surface area contributed by atoms with Crippen LogP contribution < -0.4 is 5.32 Å². The predicted octanol–water partition coefficient (Wildman–Crippen LogP) is 2.96. The molecule has 0 fully saturated rings. The van der Waals surface area contributed by atoms with Gasteiger partial charge in [0.15, 0.2) is 5.78 Å². The Morgan fingerprint density at radius 2 is 1.90 bits per heavy atom. The quantitative estimate of drug-likeness (QED) is 0.680. The molecule has 0 saturated heterocycles. The van der Waals surface area contributed by atoms with Gasteiger partial charge in [0, 0.05) is 30.8 Å². The number of rotatable bonds is 5. The minimum Gasteiger partial charge on any atom is -0.348 e. The van der Waals surface area contributed by atoms with Gasteiger partial charge in [-0.2, -0.15) is 0 Å². The highest BCUT2D eigenvalue weighted by Crippen LogP contribution is 2.21. The number of carbonyl (C=O) groups is 2. The highest BCUT2D eigenvalue weighted by atomic mass is 32.2. The number of hydrogen-bond acceptors (Lipinski definition) is 3. The summed E-state index contributed by atoms with van der Waals surface area (Å²) in [5.74, 6) is 0.412. The zero-order chi connectivity index (χ0) is 14.5. The van der Waals surface area contributed by atoms with Gasteiger partial charge in [-0.3, -0.25) is 9.59 Å². The van der Waals surface area contributed by atoms with Gasteiger partial charge in [-0.15, -0.1) is 11.8 Å². The number of anilines is 1.